The van der Waals surface area contributed by atoms with Crippen LogP contribution in [0.5, 0.6) is 5.75 Å². The molecule has 1 aromatic heterocycles. The lowest BCUT2D eigenvalue weighted by molar-refractivity contribution is 0.0607. The summed E-state index contributed by atoms with van der Waals surface area (Å²) in [5.74, 6) is 0.393. The fourth-order valence-electron chi connectivity index (χ4n) is 2.46. The fraction of sp³-hybridized carbons (Fsp3) is 0.190. The molecule has 3 rings (SSSR count). The largest absolute Gasteiger partial charge is 0.491 e. The van der Waals surface area contributed by atoms with E-state index in [1.807, 2.05) is 68.4 Å². The van der Waals surface area contributed by atoms with Crippen molar-refractivity contribution >= 4 is 28.7 Å². The maximum absolute atomic E-state index is 12.1. The lowest BCUT2D eigenvalue weighted by Gasteiger charge is -2.08. The number of carbonyl (C=O) groups is 1. The third kappa shape index (κ3) is 4.95. The van der Waals surface area contributed by atoms with Gasteiger partial charge in [-0.15, -0.1) is 0 Å². The van der Waals surface area contributed by atoms with Crippen LogP contribution in [-0.2, 0) is 4.74 Å². The summed E-state index contributed by atoms with van der Waals surface area (Å²) >= 11 is 1.20. The predicted octanol–water partition coefficient (Wildman–Crippen LogP) is 4.83. The van der Waals surface area contributed by atoms with Crippen molar-refractivity contribution in [3.05, 3.63) is 65.0 Å². The first-order chi connectivity index (χ1) is 13.6. The zero-order chi connectivity index (χ0) is 19.9. The average Bonchev–Trinajstić information content (AvgIpc) is 3.13. The molecule has 1 N–H and O–H groups in total. The van der Waals surface area contributed by atoms with Crippen LogP contribution in [0.15, 0.2) is 59.7 Å². The van der Waals surface area contributed by atoms with Crippen LogP contribution in [-0.4, -0.2) is 30.4 Å². The van der Waals surface area contributed by atoms with Crippen molar-refractivity contribution in [2.45, 2.75) is 20.0 Å². The van der Waals surface area contributed by atoms with E-state index in [2.05, 4.69) is 15.5 Å². The number of rotatable bonds is 7. The molecule has 0 amide bonds. The molecule has 1 heterocycles. The van der Waals surface area contributed by atoms with E-state index in [4.69, 9.17) is 9.47 Å². The fourth-order valence-corrected chi connectivity index (χ4v) is 3.31. The molecular formula is C21H21N3O3S. The highest BCUT2D eigenvalue weighted by molar-refractivity contribution is 7.17. The van der Waals surface area contributed by atoms with Gasteiger partial charge in [-0.2, -0.15) is 5.10 Å². The summed E-state index contributed by atoms with van der Waals surface area (Å²) in [5, 5.41) is 4.73. The smallest absolute Gasteiger partial charge is 0.350 e. The number of anilines is 1. The average molecular weight is 395 g/mol. The van der Waals surface area contributed by atoms with E-state index in [1.165, 1.54) is 18.4 Å². The number of hydrogen-bond acceptors (Lipinski definition) is 7. The van der Waals surface area contributed by atoms with Crippen LogP contribution >= 0.6 is 11.3 Å². The van der Waals surface area contributed by atoms with Gasteiger partial charge in [0, 0.05) is 5.56 Å². The highest BCUT2D eigenvalue weighted by atomic mass is 32.1. The molecule has 2 aromatic carbocycles. The summed E-state index contributed by atoms with van der Waals surface area (Å²) in [6, 6.07) is 17.1. The molecule has 0 fully saturated rings. The zero-order valence-electron chi connectivity index (χ0n) is 15.9. The molecule has 3 aromatic rings. The van der Waals surface area contributed by atoms with Gasteiger partial charge in [-0.3, -0.25) is 5.43 Å². The molecule has 0 saturated carbocycles. The Hall–Kier alpha value is -3.19. The number of nitrogens with one attached hydrogen (secondary N) is 1. The van der Waals surface area contributed by atoms with Crippen molar-refractivity contribution in [2.24, 2.45) is 5.10 Å². The molecule has 7 heteroatoms. The molecule has 0 aliphatic rings. The summed E-state index contributed by atoms with van der Waals surface area (Å²) in [4.78, 5) is 17.0. The number of methoxy groups -OCH3 is 1. The van der Waals surface area contributed by atoms with Gasteiger partial charge in [0.1, 0.15) is 10.6 Å². The minimum Gasteiger partial charge on any atom is -0.491 e. The van der Waals surface area contributed by atoms with Crippen molar-refractivity contribution < 1.29 is 14.3 Å². The first-order valence-electron chi connectivity index (χ1n) is 8.77. The lowest BCUT2D eigenvalue weighted by atomic mass is 10.1. The zero-order valence-corrected chi connectivity index (χ0v) is 16.7. The number of esters is 1. The molecule has 144 valence electrons. The number of thiazole rings is 1. The third-order valence-electron chi connectivity index (χ3n) is 3.67. The highest BCUT2D eigenvalue weighted by Gasteiger charge is 2.19. The van der Waals surface area contributed by atoms with Crippen molar-refractivity contribution in [3.63, 3.8) is 0 Å². The summed E-state index contributed by atoms with van der Waals surface area (Å²) in [6.07, 6.45) is 1.81. The van der Waals surface area contributed by atoms with Crippen LogP contribution in [0.2, 0.25) is 0 Å². The first kappa shape index (κ1) is 19.6. The summed E-state index contributed by atoms with van der Waals surface area (Å²) in [7, 11) is 1.36. The molecule has 0 unspecified atom stereocenters. The van der Waals surface area contributed by atoms with Crippen molar-refractivity contribution in [1.29, 1.82) is 0 Å². The third-order valence-corrected chi connectivity index (χ3v) is 4.61. The number of hydrazone groups is 1. The van der Waals surface area contributed by atoms with Crippen LogP contribution in [0.3, 0.4) is 0 Å². The van der Waals surface area contributed by atoms with E-state index >= 15 is 0 Å². The second kappa shape index (κ2) is 9.14. The Morgan fingerprint density at radius 3 is 2.50 bits per heavy atom. The second-order valence-corrected chi connectivity index (χ2v) is 7.16. The van der Waals surface area contributed by atoms with Crippen molar-refractivity contribution in [3.8, 4) is 17.0 Å². The van der Waals surface area contributed by atoms with Gasteiger partial charge in [0.05, 0.1) is 25.1 Å². The first-order valence-corrected chi connectivity index (χ1v) is 9.59. The van der Waals surface area contributed by atoms with Crippen LogP contribution in [0, 0.1) is 0 Å². The quantitative estimate of drug-likeness (QED) is 0.352. The van der Waals surface area contributed by atoms with Crippen molar-refractivity contribution in [2.75, 3.05) is 12.5 Å². The lowest BCUT2D eigenvalue weighted by Crippen LogP contribution is -2.05. The minimum absolute atomic E-state index is 0.133. The van der Waals surface area contributed by atoms with E-state index in [-0.39, 0.29) is 6.10 Å². The van der Waals surface area contributed by atoms with E-state index in [0.29, 0.717) is 15.7 Å². The Kier molecular flexibility index (Phi) is 6.39. The number of benzene rings is 2. The SMILES string of the molecule is COC(=O)c1sc(N/N=C\c2ccc(OC(C)C)cc2)nc1-c1ccccc1. The maximum Gasteiger partial charge on any atom is 0.350 e. The molecule has 6 nitrogen and oxygen atoms in total. The Balaban J connectivity index is 1.74. The number of nitrogens with zero attached hydrogens (tertiary/aromatic N) is 2. The number of ether oxygens (including phenoxy) is 2. The molecule has 0 bridgehead atoms. The van der Waals surface area contributed by atoms with Crippen LogP contribution in [0.1, 0.15) is 29.1 Å². The molecule has 0 aliphatic carbocycles. The number of aromatic nitrogens is 1. The van der Waals surface area contributed by atoms with E-state index in [0.717, 1.165) is 16.9 Å². The number of carbonyl (C=O) groups excluding carboxylic acids is 1. The Morgan fingerprint density at radius 2 is 1.86 bits per heavy atom. The van der Waals surface area contributed by atoms with Gasteiger partial charge in [0.2, 0.25) is 5.13 Å². The maximum atomic E-state index is 12.1. The van der Waals surface area contributed by atoms with E-state index < -0.39 is 5.97 Å². The van der Waals surface area contributed by atoms with Crippen LogP contribution < -0.4 is 10.2 Å². The monoisotopic (exact) mass is 395 g/mol. The summed E-state index contributed by atoms with van der Waals surface area (Å²) < 4.78 is 10.5. The summed E-state index contributed by atoms with van der Waals surface area (Å²) in [5.41, 5.74) is 5.22. The Morgan fingerprint density at radius 1 is 1.14 bits per heavy atom. The van der Waals surface area contributed by atoms with Crippen LogP contribution in [0.25, 0.3) is 11.3 Å². The second-order valence-electron chi connectivity index (χ2n) is 6.16. The van der Waals surface area contributed by atoms with Crippen molar-refractivity contribution in [1.82, 2.24) is 4.98 Å². The molecule has 0 radical (unpaired) electrons. The Bertz CT molecular complexity index is 951. The predicted molar refractivity (Wildman–Crippen MR) is 112 cm³/mol. The normalized spacial score (nSPS) is 11.0. The van der Waals surface area contributed by atoms with Gasteiger partial charge in [0.25, 0.3) is 0 Å². The van der Waals surface area contributed by atoms with Gasteiger partial charge >= 0.3 is 5.97 Å². The van der Waals surface area contributed by atoms with E-state index in [9.17, 15) is 4.79 Å². The minimum atomic E-state index is -0.422. The van der Waals surface area contributed by atoms with Gasteiger partial charge in [-0.25, -0.2) is 9.78 Å². The standard InChI is InChI=1S/C21H21N3O3S/c1-14(2)27-17-11-9-15(10-12-17)13-22-24-21-23-18(16-7-5-4-6-8-16)19(28-21)20(25)26-3/h4-14H,1-3H3,(H,23,24)/b22-13-. The van der Waals surface area contributed by atoms with Gasteiger partial charge in [0.15, 0.2) is 0 Å². The molecular weight excluding hydrogens is 374 g/mol. The molecule has 0 atom stereocenters. The van der Waals surface area contributed by atoms with Gasteiger partial charge in [-0.05, 0) is 43.7 Å². The molecule has 0 spiro atoms. The van der Waals surface area contributed by atoms with Crippen LogP contribution in [0.4, 0.5) is 5.13 Å². The number of hydrogen-bond donors (Lipinski definition) is 1. The highest BCUT2D eigenvalue weighted by Crippen LogP contribution is 2.31. The molecule has 0 saturated heterocycles. The van der Waals surface area contributed by atoms with E-state index in [1.54, 1.807) is 6.21 Å². The Labute approximate surface area is 167 Å². The topological polar surface area (TPSA) is 72.8 Å². The molecule has 28 heavy (non-hydrogen) atoms. The van der Waals surface area contributed by atoms with Gasteiger partial charge in [-0.1, -0.05) is 41.7 Å². The summed E-state index contributed by atoms with van der Waals surface area (Å²) in [6.45, 7) is 3.97. The van der Waals surface area contributed by atoms with Gasteiger partial charge < -0.3 is 9.47 Å². The molecule has 0 aliphatic heterocycles.